The van der Waals surface area contributed by atoms with E-state index in [1.54, 1.807) is 0 Å². The van der Waals surface area contributed by atoms with E-state index in [1.165, 1.54) is 6.92 Å². The third kappa shape index (κ3) is 1.35. The van der Waals surface area contributed by atoms with Gasteiger partial charge in [0.15, 0.2) is 15.6 Å². The molecule has 0 spiro atoms. The number of ketones is 1. The second-order valence-electron chi connectivity index (χ2n) is 4.58. The largest absolute Gasteiger partial charge is 0.382 e. The lowest BCUT2D eigenvalue weighted by atomic mass is 9.86. The second-order valence-corrected chi connectivity index (χ2v) is 6.85. The van der Waals surface area contributed by atoms with E-state index in [2.05, 4.69) is 0 Å². The molecule has 0 amide bonds. The maximum absolute atomic E-state index is 11.7. The second kappa shape index (κ2) is 3.02. The first-order chi connectivity index (χ1) is 6.79. The van der Waals surface area contributed by atoms with Gasteiger partial charge in [-0.25, -0.2) is 8.42 Å². The summed E-state index contributed by atoms with van der Waals surface area (Å²) in [6, 6.07) is -0.614. The highest BCUT2D eigenvalue weighted by Crippen LogP contribution is 2.46. The van der Waals surface area contributed by atoms with Gasteiger partial charge in [-0.3, -0.25) is 4.79 Å². The van der Waals surface area contributed by atoms with Gasteiger partial charge in [0.25, 0.3) is 0 Å². The minimum Gasteiger partial charge on any atom is -0.382 e. The maximum Gasteiger partial charge on any atom is 0.161 e. The Kier molecular flexibility index (Phi) is 2.22. The Bertz CT molecular complexity index is 404. The normalized spacial score (nSPS) is 47.8. The molecule has 0 radical (unpaired) electrons. The molecule has 0 unspecified atom stereocenters. The van der Waals surface area contributed by atoms with Gasteiger partial charge >= 0.3 is 0 Å². The lowest BCUT2D eigenvalue weighted by molar-refractivity contribution is -0.138. The van der Waals surface area contributed by atoms with E-state index in [4.69, 9.17) is 5.73 Å². The van der Waals surface area contributed by atoms with Crippen LogP contribution in [0.3, 0.4) is 0 Å². The van der Waals surface area contributed by atoms with Crippen molar-refractivity contribution in [2.45, 2.75) is 36.7 Å². The fourth-order valence-corrected chi connectivity index (χ4v) is 5.29. The molecule has 2 fully saturated rings. The lowest BCUT2D eigenvalue weighted by Crippen LogP contribution is -2.42. The summed E-state index contributed by atoms with van der Waals surface area (Å²) in [5, 5.41) is 9.42. The van der Waals surface area contributed by atoms with Crippen molar-refractivity contribution < 1.29 is 18.3 Å². The number of Topliss-reactive ketones (excluding diaryl/α,β-unsaturated/α-hetero) is 1. The SMILES string of the molecule is CC(=O)[C@@]1(O)C[C@@H](N)[C@H]2[C@@H]1CCS2(=O)=O. The summed E-state index contributed by atoms with van der Waals surface area (Å²) in [5.41, 5.74) is 4.20. The number of hydrogen-bond donors (Lipinski definition) is 2. The topological polar surface area (TPSA) is 97.5 Å². The third-order valence-corrected chi connectivity index (χ3v) is 6.03. The standard InChI is InChI=1S/C9H15NO4S/c1-5(11)9(12)4-7(10)8-6(9)2-3-15(8,13)14/h6-8,12H,2-4,10H2,1H3/t6-,7+,8+,9-/m0/s1. The lowest BCUT2D eigenvalue weighted by Gasteiger charge is -2.25. The summed E-state index contributed by atoms with van der Waals surface area (Å²) in [4.78, 5) is 11.4. The molecule has 4 atom stereocenters. The first-order valence-electron chi connectivity index (χ1n) is 4.99. The van der Waals surface area contributed by atoms with Crippen LogP contribution in [0.25, 0.3) is 0 Å². The van der Waals surface area contributed by atoms with E-state index in [9.17, 15) is 18.3 Å². The maximum atomic E-state index is 11.7. The molecule has 2 rings (SSSR count). The number of sulfone groups is 1. The molecule has 1 aliphatic carbocycles. The fourth-order valence-electron chi connectivity index (χ4n) is 2.95. The Morgan fingerprint density at radius 2 is 2.13 bits per heavy atom. The Morgan fingerprint density at radius 1 is 1.53 bits per heavy atom. The molecule has 1 heterocycles. The van der Waals surface area contributed by atoms with Crippen LogP contribution in [0.15, 0.2) is 0 Å². The van der Waals surface area contributed by atoms with Gasteiger partial charge in [0.05, 0.1) is 11.0 Å². The van der Waals surface area contributed by atoms with Gasteiger partial charge in [-0.05, 0) is 19.8 Å². The van der Waals surface area contributed by atoms with Crippen LogP contribution < -0.4 is 5.73 Å². The van der Waals surface area contributed by atoms with Gasteiger partial charge in [-0.2, -0.15) is 0 Å². The van der Waals surface area contributed by atoms with E-state index in [1.807, 2.05) is 0 Å². The highest BCUT2D eigenvalue weighted by molar-refractivity contribution is 7.92. The number of rotatable bonds is 1. The summed E-state index contributed by atoms with van der Waals surface area (Å²) < 4.78 is 23.3. The van der Waals surface area contributed by atoms with Crippen LogP contribution in [0.2, 0.25) is 0 Å². The van der Waals surface area contributed by atoms with Crippen molar-refractivity contribution in [3.05, 3.63) is 0 Å². The van der Waals surface area contributed by atoms with Crippen LogP contribution >= 0.6 is 0 Å². The smallest absolute Gasteiger partial charge is 0.161 e. The molecule has 0 aromatic heterocycles. The minimum absolute atomic E-state index is 0.0334. The Hall–Kier alpha value is -0.460. The van der Waals surface area contributed by atoms with Crippen LogP contribution in [0.4, 0.5) is 0 Å². The van der Waals surface area contributed by atoms with Gasteiger partial charge in [0.2, 0.25) is 0 Å². The monoisotopic (exact) mass is 233 g/mol. The van der Waals surface area contributed by atoms with Crippen LogP contribution in [0, 0.1) is 5.92 Å². The van der Waals surface area contributed by atoms with Gasteiger partial charge in [0, 0.05) is 12.0 Å². The van der Waals surface area contributed by atoms with Crippen molar-refractivity contribution in [3.8, 4) is 0 Å². The Morgan fingerprint density at radius 3 is 2.67 bits per heavy atom. The highest BCUT2D eigenvalue weighted by atomic mass is 32.2. The minimum atomic E-state index is -3.21. The van der Waals surface area contributed by atoms with E-state index < -0.39 is 32.6 Å². The van der Waals surface area contributed by atoms with Crippen molar-refractivity contribution in [1.29, 1.82) is 0 Å². The van der Waals surface area contributed by atoms with Gasteiger partial charge in [-0.15, -0.1) is 0 Å². The van der Waals surface area contributed by atoms with E-state index in [-0.39, 0.29) is 18.0 Å². The Labute approximate surface area is 88.6 Å². The van der Waals surface area contributed by atoms with E-state index in [0.29, 0.717) is 6.42 Å². The van der Waals surface area contributed by atoms with Crippen LogP contribution in [-0.2, 0) is 14.6 Å². The molecule has 2 aliphatic rings. The molecule has 1 aliphatic heterocycles. The third-order valence-electron chi connectivity index (χ3n) is 3.72. The quantitative estimate of drug-likeness (QED) is 0.595. The molecular formula is C9H15NO4S. The number of carbonyl (C=O) groups excluding carboxylic acids is 1. The predicted molar refractivity (Wildman–Crippen MR) is 53.9 cm³/mol. The average molecular weight is 233 g/mol. The molecular weight excluding hydrogens is 218 g/mol. The fraction of sp³-hybridized carbons (Fsp3) is 0.889. The number of fused-ring (bicyclic) bond motifs is 1. The number of hydrogen-bond acceptors (Lipinski definition) is 5. The summed E-state index contributed by atoms with van der Waals surface area (Å²) >= 11 is 0. The zero-order valence-corrected chi connectivity index (χ0v) is 9.33. The van der Waals surface area contributed by atoms with Gasteiger partial charge in [-0.1, -0.05) is 0 Å². The molecule has 0 aromatic rings. The molecule has 0 bridgehead atoms. The van der Waals surface area contributed by atoms with Crippen molar-refractivity contribution in [3.63, 3.8) is 0 Å². The zero-order valence-electron chi connectivity index (χ0n) is 8.51. The molecule has 3 N–H and O–H groups in total. The number of carbonyl (C=O) groups is 1. The van der Waals surface area contributed by atoms with Crippen molar-refractivity contribution in [2.75, 3.05) is 5.75 Å². The van der Waals surface area contributed by atoms with E-state index in [0.717, 1.165) is 0 Å². The van der Waals surface area contributed by atoms with Crippen molar-refractivity contribution >= 4 is 15.6 Å². The van der Waals surface area contributed by atoms with Gasteiger partial charge < -0.3 is 10.8 Å². The molecule has 0 aromatic carbocycles. The Balaban J connectivity index is 2.44. The first-order valence-corrected chi connectivity index (χ1v) is 6.71. The highest BCUT2D eigenvalue weighted by Gasteiger charge is 2.61. The molecule has 86 valence electrons. The van der Waals surface area contributed by atoms with Gasteiger partial charge in [0.1, 0.15) is 5.60 Å². The molecule has 15 heavy (non-hydrogen) atoms. The van der Waals surface area contributed by atoms with E-state index >= 15 is 0 Å². The van der Waals surface area contributed by atoms with Crippen molar-refractivity contribution in [1.82, 2.24) is 0 Å². The molecule has 5 nitrogen and oxygen atoms in total. The van der Waals surface area contributed by atoms with Crippen LogP contribution in [0.1, 0.15) is 19.8 Å². The zero-order chi connectivity index (χ0) is 11.4. The predicted octanol–water partition coefficient (Wildman–Crippen LogP) is -1.16. The number of aliphatic hydroxyl groups is 1. The first kappa shape index (κ1) is 11.0. The van der Waals surface area contributed by atoms with Crippen LogP contribution in [0.5, 0.6) is 0 Å². The molecule has 1 saturated carbocycles. The average Bonchev–Trinajstić information content (AvgIpc) is 2.53. The molecule has 6 heteroatoms. The van der Waals surface area contributed by atoms with Crippen LogP contribution in [-0.4, -0.2) is 42.0 Å². The molecule has 1 saturated heterocycles. The number of nitrogens with two attached hydrogens (primary N) is 1. The summed E-state index contributed by atoms with van der Waals surface area (Å²) in [6.07, 6.45) is 0.410. The van der Waals surface area contributed by atoms with Crippen molar-refractivity contribution in [2.24, 2.45) is 11.7 Å². The summed E-state index contributed by atoms with van der Waals surface area (Å²) in [7, 11) is -3.21. The summed E-state index contributed by atoms with van der Waals surface area (Å²) in [6.45, 7) is 1.29. The summed E-state index contributed by atoms with van der Waals surface area (Å²) in [5.74, 6) is -0.844.